The lowest BCUT2D eigenvalue weighted by atomic mass is 10.2. The van der Waals surface area contributed by atoms with Gasteiger partial charge in [-0.05, 0) is 22.4 Å². The SMILES string of the molecule is CCC1COCCN1c1ncnc(NC)c1Br. The highest BCUT2D eigenvalue weighted by Gasteiger charge is 2.25. The second-order valence-corrected chi connectivity index (χ2v) is 4.73. The summed E-state index contributed by atoms with van der Waals surface area (Å²) in [5.74, 6) is 1.76. The highest BCUT2D eigenvalue weighted by atomic mass is 79.9. The van der Waals surface area contributed by atoms with E-state index in [0.29, 0.717) is 6.04 Å². The van der Waals surface area contributed by atoms with Crippen LogP contribution in [0.4, 0.5) is 11.6 Å². The lowest BCUT2D eigenvalue weighted by molar-refractivity contribution is 0.0925. The van der Waals surface area contributed by atoms with Crippen LogP contribution in [0.5, 0.6) is 0 Å². The van der Waals surface area contributed by atoms with Crippen molar-refractivity contribution in [2.45, 2.75) is 19.4 Å². The van der Waals surface area contributed by atoms with Crippen LogP contribution in [-0.2, 0) is 4.74 Å². The van der Waals surface area contributed by atoms with Gasteiger partial charge in [0.15, 0.2) is 0 Å². The van der Waals surface area contributed by atoms with Crippen molar-refractivity contribution in [3.8, 4) is 0 Å². The lowest BCUT2D eigenvalue weighted by Crippen LogP contribution is -2.45. The van der Waals surface area contributed by atoms with Crippen LogP contribution in [0.3, 0.4) is 0 Å². The maximum Gasteiger partial charge on any atom is 0.148 e. The van der Waals surface area contributed by atoms with Crippen LogP contribution < -0.4 is 10.2 Å². The Hall–Kier alpha value is -0.880. The fraction of sp³-hybridized carbons (Fsp3) is 0.636. The molecule has 17 heavy (non-hydrogen) atoms. The maximum absolute atomic E-state index is 5.51. The molecule has 5 nitrogen and oxygen atoms in total. The number of halogens is 1. The third kappa shape index (κ3) is 2.52. The standard InChI is InChI=1S/C11H17BrN4O/c1-3-8-6-17-5-4-16(8)11-9(12)10(13-2)14-7-15-11/h7-8H,3-6H2,1-2H3,(H,13,14,15). The molecular weight excluding hydrogens is 284 g/mol. The molecule has 1 saturated heterocycles. The molecule has 0 saturated carbocycles. The van der Waals surface area contributed by atoms with Crippen LogP contribution in [0.15, 0.2) is 10.8 Å². The molecule has 1 aliphatic rings. The molecule has 1 aliphatic heterocycles. The van der Waals surface area contributed by atoms with Crippen LogP contribution >= 0.6 is 15.9 Å². The van der Waals surface area contributed by atoms with Crippen molar-refractivity contribution in [2.24, 2.45) is 0 Å². The first-order chi connectivity index (χ1) is 8.27. The van der Waals surface area contributed by atoms with Crippen LogP contribution in [0.2, 0.25) is 0 Å². The van der Waals surface area contributed by atoms with Gasteiger partial charge in [0, 0.05) is 13.6 Å². The zero-order valence-electron chi connectivity index (χ0n) is 10.1. The minimum absolute atomic E-state index is 0.389. The quantitative estimate of drug-likeness (QED) is 0.924. The number of nitrogens with zero attached hydrogens (tertiary/aromatic N) is 3. The van der Waals surface area contributed by atoms with Crippen molar-refractivity contribution in [1.29, 1.82) is 0 Å². The predicted molar refractivity (Wildman–Crippen MR) is 71.5 cm³/mol. The van der Waals surface area contributed by atoms with Crippen molar-refractivity contribution >= 4 is 27.6 Å². The Balaban J connectivity index is 2.31. The molecule has 0 bridgehead atoms. The number of nitrogens with one attached hydrogen (secondary N) is 1. The fourth-order valence-electron chi connectivity index (χ4n) is 2.01. The summed E-state index contributed by atoms with van der Waals surface area (Å²) in [5, 5.41) is 3.05. The Bertz CT molecular complexity index is 388. The van der Waals surface area contributed by atoms with Crippen LogP contribution in [0.25, 0.3) is 0 Å². The minimum Gasteiger partial charge on any atom is -0.377 e. The molecule has 94 valence electrons. The molecule has 0 radical (unpaired) electrons. The first-order valence-electron chi connectivity index (χ1n) is 5.80. The Kier molecular flexibility index (Phi) is 4.17. The Morgan fingerprint density at radius 1 is 1.59 bits per heavy atom. The first-order valence-corrected chi connectivity index (χ1v) is 6.59. The van der Waals surface area contributed by atoms with Crippen LogP contribution in [0.1, 0.15) is 13.3 Å². The molecule has 1 N–H and O–H groups in total. The van der Waals surface area contributed by atoms with Gasteiger partial charge in [0.2, 0.25) is 0 Å². The summed E-state index contributed by atoms with van der Waals surface area (Å²) in [6, 6.07) is 0.389. The number of hydrogen-bond donors (Lipinski definition) is 1. The average Bonchev–Trinajstić information content (AvgIpc) is 2.39. The number of morpholine rings is 1. The van der Waals surface area contributed by atoms with E-state index in [0.717, 1.165) is 42.3 Å². The molecule has 1 aromatic heterocycles. The molecule has 2 rings (SSSR count). The first kappa shape index (κ1) is 12.6. The van der Waals surface area contributed by atoms with Gasteiger partial charge in [-0.2, -0.15) is 0 Å². The third-order valence-electron chi connectivity index (χ3n) is 2.98. The number of aromatic nitrogens is 2. The topological polar surface area (TPSA) is 50.3 Å². The van der Waals surface area contributed by atoms with Gasteiger partial charge in [0.25, 0.3) is 0 Å². The van der Waals surface area contributed by atoms with Crippen molar-refractivity contribution in [1.82, 2.24) is 9.97 Å². The molecule has 0 aliphatic carbocycles. The Morgan fingerprint density at radius 3 is 3.12 bits per heavy atom. The normalized spacial score (nSPS) is 20.4. The Morgan fingerprint density at radius 2 is 2.41 bits per heavy atom. The monoisotopic (exact) mass is 300 g/mol. The fourth-order valence-corrected chi connectivity index (χ4v) is 2.64. The molecule has 0 spiro atoms. The van der Waals surface area contributed by atoms with E-state index in [1.165, 1.54) is 0 Å². The van der Waals surface area contributed by atoms with E-state index >= 15 is 0 Å². The molecule has 1 unspecified atom stereocenters. The second-order valence-electron chi connectivity index (χ2n) is 3.94. The van der Waals surface area contributed by atoms with Gasteiger partial charge >= 0.3 is 0 Å². The van der Waals surface area contributed by atoms with Crippen molar-refractivity contribution in [3.05, 3.63) is 10.8 Å². The number of hydrogen-bond acceptors (Lipinski definition) is 5. The van der Waals surface area contributed by atoms with Gasteiger partial charge in [-0.15, -0.1) is 0 Å². The predicted octanol–water partition coefficient (Wildman–Crippen LogP) is 1.90. The van der Waals surface area contributed by atoms with Gasteiger partial charge in [0.1, 0.15) is 22.4 Å². The summed E-state index contributed by atoms with van der Waals surface area (Å²) in [5.41, 5.74) is 0. The van der Waals surface area contributed by atoms with E-state index < -0.39 is 0 Å². The van der Waals surface area contributed by atoms with E-state index in [4.69, 9.17) is 4.74 Å². The van der Waals surface area contributed by atoms with Gasteiger partial charge in [0.05, 0.1) is 19.3 Å². The third-order valence-corrected chi connectivity index (χ3v) is 3.71. The number of ether oxygens (including phenoxy) is 1. The summed E-state index contributed by atoms with van der Waals surface area (Å²) in [4.78, 5) is 10.8. The van der Waals surface area contributed by atoms with E-state index in [2.05, 4.69) is 43.0 Å². The molecule has 0 aromatic carbocycles. The summed E-state index contributed by atoms with van der Waals surface area (Å²) >= 11 is 3.56. The van der Waals surface area contributed by atoms with E-state index in [-0.39, 0.29) is 0 Å². The van der Waals surface area contributed by atoms with E-state index in [9.17, 15) is 0 Å². The minimum atomic E-state index is 0.389. The molecule has 1 atom stereocenters. The highest BCUT2D eigenvalue weighted by Crippen LogP contribution is 2.31. The van der Waals surface area contributed by atoms with E-state index in [1.54, 1.807) is 6.33 Å². The van der Waals surface area contributed by atoms with Crippen LogP contribution in [-0.4, -0.2) is 42.8 Å². The molecule has 6 heteroatoms. The zero-order valence-corrected chi connectivity index (χ0v) is 11.7. The van der Waals surface area contributed by atoms with Crippen molar-refractivity contribution < 1.29 is 4.74 Å². The molecule has 2 heterocycles. The summed E-state index contributed by atoms with van der Waals surface area (Å²) in [6.07, 6.45) is 2.64. The van der Waals surface area contributed by atoms with Gasteiger partial charge in [-0.1, -0.05) is 6.92 Å². The molecular formula is C11H17BrN4O. The number of rotatable bonds is 3. The second kappa shape index (κ2) is 5.64. The summed E-state index contributed by atoms with van der Waals surface area (Å²) < 4.78 is 6.42. The smallest absolute Gasteiger partial charge is 0.148 e. The van der Waals surface area contributed by atoms with Gasteiger partial charge in [-0.25, -0.2) is 9.97 Å². The van der Waals surface area contributed by atoms with Crippen molar-refractivity contribution in [2.75, 3.05) is 37.0 Å². The molecule has 1 fully saturated rings. The highest BCUT2D eigenvalue weighted by molar-refractivity contribution is 9.10. The lowest BCUT2D eigenvalue weighted by Gasteiger charge is -2.36. The summed E-state index contributed by atoms with van der Waals surface area (Å²) in [7, 11) is 1.85. The Labute approximate surface area is 110 Å². The van der Waals surface area contributed by atoms with E-state index in [1.807, 2.05) is 7.05 Å². The largest absolute Gasteiger partial charge is 0.377 e. The number of anilines is 2. The maximum atomic E-state index is 5.51. The van der Waals surface area contributed by atoms with Crippen LogP contribution in [0, 0.1) is 0 Å². The molecule has 1 aromatic rings. The molecule has 0 amide bonds. The summed E-state index contributed by atoms with van der Waals surface area (Å²) in [6.45, 7) is 4.56. The van der Waals surface area contributed by atoms with Gasteiger partial charge < -0.3 is 15.0 Å². The average molecular weight is 301 g/mol. The zero-order chi connectivity index (χ0) is 12.3. The van der Waals surface area contributed by atoms with Crippen molar-refractivity contribution in [3.63, 3.8) is 0 Å². The van der Waals surface area contributed by atoms with Gasteiger partial charge in [-0.3, -0.25) is 0 Å².